The minimum atomic E-state index is -0.802. The Bertz CT molecular complexity index is 398. The number of thioether (sulfide) groups is 1. The number of hydrogen-bond acceptors (Lipinski definition) is 3. The highest BCUT2D eigenvalue weighted by Crippen LogP contribution is 2.27. The minimum Gasteiger partial charge on any atom is -0.480 e. The van der Waals surface area contributed by atoms with Crippen molar-refractivity contribution >= 4 is 29.3 Å². The lowest BCUT2D eigenvalue weighted by Crippen LogP contribution is -2.41. The summed E-state index contributed by atoms with van der Waals surface area (Å²) in [6.07, 6.45) is 0.573. The van der Waals surface area contributed by atoms with Crippen LogP contribution >= 0.6 is 23.4 Å². The first-order chi connectivity index (χ1) is 8.50. The quantitative estimate of drug-likeness (QED) is 0.756. The van der Waals surface area contributed by atoms with E-state index in [9.17, 15) is 4.79 Å². The summed E-state index contributed by atoms with van der Waals surface area (Å²) >= 11 is 7.62. The lowest BCUT2D eigenvalue weighted by Gasteiger charge is -2.16. The summed E-state index contributed by atoms with van der Waals surface area (Å²) in [6, 6.07) is 7.25. The zero-order valence-corrected chi connectivity index (χ0v) is 12.1. The third-order valence-electron chi connectivity index (χ3n) is 2.33. The molecule has 1 rings (SSSR count). The number of halogens is 1. The van der Waals surface area contributed by atoms with E-state index in [2.05, 4.69) is 5.32 Å². The normalized spacial score (nSPS) is 12.7. The largest absolute Gasteiger partial charge is 0.480 e. The number of nitrogens with one attached hydrogen (secondary N) is 1. The fourth-order valence-corrected chi connectivity index (χ4v) is 2.78. The van der Waals surface area contributed by atoms with Gasteiger partial charge in [0.2, 0.25) is 0 Å². The van der Waals surface area contributed by atoms with E-state index >= 15 is 0 Å². The number of carboxylic acid groups (broad SMARTS) is 1. The highest BCUT2D eigenvalue weighted by molar-refractivity contribution is 7.99. The van der Waals surface area contributed by atoms with Crippen molar-refractivity contribution in [1.29, 1.82) is 0 Å². The molecule has 0 bridgehead atoms. The molecule has 1 aromatic carbocycles. The standard InChI is InChI=1S/C13H18ClNO2S/c1-9(2)15-11(13(16)17)7-8-18-12-6-4-3-5-10(12)14/h3-6,9,11,15H,7-8H2,1-2H3,(H,16,17). The lowest BCUT2D eigenvalue weighted by molar-refractivity contribution is -0.139. The first kappa shape index (κ1) is 15.3. The van der Waals surface area contributed by atoms with Crippen LogP contribution in [0.4, 0.5) is 0 Å². The predicted molar refractivity (Wildman–Crippen MR) is 76.5 cm³/mol. The predicted octanol–water partition coefficient (Wildman–Crippen LogP) is 3.27. The second-order valence-electron chi connectivity index (χ2n) is 4.28. The Balaban J connectivity index is 2.44. The van der Waals surface area contributed by atoms with Gasteiger partial charge in [-0.2, -0.15) is 0 Å². The molecule has 1 unspecified atom stereocenters. The summed E-state index contributed by atoms with van der Waals surface area (Å²) in [6.45, 7) is 3.88. The highest BCUT2D eigenvalue weighted by Gasteiger charge is 2.17. The molecule has 0 spiro atoms. The second kappa shape index (κ2) is 7.67. The van der Waals surface area contributed by atoms with Gasteiger partial charge in [-0.3, -0.25) is 4.79 Å². The monoisotopic (exact) mass is 287 g/mol. The van der Waals surface area contributed by atoms with Crippen molar-refractivity contribution in [2.45, 2.75) is 37.2 Å². The summed E-state index contributed by atoms with van der Waals surface area (Å²) in [5, 5.41) is 12.8. The van der Waals surface area contributed by atoms with Crippen LogP contribution in [0, 0.1) is 0 Å². The SMILES string of the molecule is CC(C)NC(CCSc1ccccc1Cl)C(=O)O. The summed E-state index contributed by atoms with van der Waals surface area (Å²) in [4.78, 5) is 12.0. The van der Waals surface area contributed by atoms with Crippen LogP contribution < -0.4 is 5.32 Å². The third-order valence-corrected chi connectivity index (χ3v) is 3.88. The van der Waals surface area contributed by atoms with E-state index in [-0.39, 0.29) is 6.04 Å². The van der Waals surface area contributed by atoms with Gasteiger partial charge >= 0.3 is 5.97 Å². The molecule has 0 saturated heterocycles. The Morgan fingerprint density at radius 1 is 1.44 bits per heavy atom. The molecule has 18 heavy (non-hydrogen) atoms. The van der Waals surface area contributed by atoms with Crippen molar-refractivity contribution in [2.24, 2.45) is 0 Å². The molecule has 5 heteroatoms. The maximum absolute atomic E-state index is 11.0. The number of hydrogen-bond donors (Lipinski definition) is 2. The fraction of sp³-hybridized carbons (Fsp3) is 0.462. The Morgan fingerprint density at radius 2 is 2.11 bits per heavy atom. The molecule has 0 amide bonds. The van der Waals surface area contributed by atoms with E-state index in [1.807, 2.05) is 38.1 Å². The van der Waals surface area contributed by atoms with Gasteiger partial charge in [0.25, 0.3) is 0 Å². The molecule has 3 nitrogen and oxygen atoms in total. The average Bonchev–Trinajstić information content (AvgIpc) is 2.29. The summed E-state index contributed by atoms with van der Waals surface area (Å²) in [5.41, 5.74) is 0. The van der Waals surface area contributed by atoms with Crippen LogP contribution in [0.3, 0.4) is 0 Å². The summed E-state index contributed by atoms with van der Waals surface area (Å²) in [7, 11) is 0. The molecular formula is C13H18ClNO2S. The van der Waals surface area contributed by atoms with Gasteiger partial charge in [0, 0.05) is 16.7 Å². The van der Waals surface area contributed by atoms with Crippen LogP contribution in [0.2, 0.25) is 5.02 Å². The van der Waals surface area contributed by atoms with Gasteiger partial charge < -0.3 is 10.4 Å². The van der Waals surface area contributed by atoms with Crippen LogP contribution in [0.15, 0.2) is 29.2 Å². The van der Waals surface area contributed by atoms with Crippen LogP contribution in [0.5, 0.6) is 0 Å². The zero-order valence-electron chi connectivity index (χ0n) is 10.5. The number of rotatable bonds is 7. The maximum atomic E-state index is 11.0. The molecule has 0 fully saturated rings. The first-order valence-corrected chi connectivity index (χ1v) is 7.23. The van der Waals surface area contributed by atoms with Crippen LogP contribution in [0.25, 0.3) is 0 Å². The van der Waals surface area contributed by atoms with Crippen molar-refractivity contribution in [1.82, 2.24) is 5.32 Å². The Labute approximate surface area is 117 Å². The molecule has 1 atom stereocenters. The topological polar surface area (TPSA) is 49.3 Å². The fourth-order valence-electron chi connectivity index (χ4n) is 1.53. The van der Waals surface area contributed by atoms with Crippen LogP contribution in [0.1, 0.15) is 20.3 Å². The lowest BCUT2D eigenvalue weighted by atomic mass is 10.2. The van der Waals surface area contributed by atoms with Crippen molar-refractivity contribution in [3.63, 3.8) is 0 Å². The van der Waals surface area contributed by atoms with E-state index in [1.165, 1.54) is 0 Å². The van der Waals surface area contributed by atoms with Crippen molar-refractivity contribution < 1.29 is 9.90 Å². The summed E-state index contributed by atoms with van der Waals surface area (Å²) in [5.74, 6) is -0.0797. The molecular weight excluding hydrogens is 270 g/mol. The molecule has 100 valence electrons. The smallest absolute Gasteiger partial charge is 0.320 e. The highest BCUT2D eigenvalue weighted by atomic mass is 35.5. The Hall–Kier alpha value is -0.710. The van der Waals surface area contributed by atoms with E-state index in [1.54, 1.807) is 11.8 Å². The summed E-state index contributed by atoms with van der Waals surface area (Å²) < 4.78 is 0. The molecule has 0 aromatic heterocycles. The van der Waals surface area contributed by atoms with Gasteiger partial charge in [0.05, 0.1) is 5.02 Å². The number of carboxylic acids is 1. The van der Waals surface area contributed by atoms with Crippen LogP contribution in [-0.4, -0.2) is 28.9 Å². The first-order valence-electron chi connectivity index (χ1n) is 5.87. The molecule has 0 aliphatic carbocycles. The van der Waals surface area contributed by atoms with Gasteiger partial charge in [-0.25, -0.2) is 0 Å². The molecule has 0 saturated carbocycles. The van der Waals surface area contributed by atoms with E-state index < -0.39 is 12.0 Å². The average molecular weight is 288 g/mol. The van der Waals surface area contributed by atoms with Crippen LogP contribution in [-0.2, 0) is 4.79 Å². The second-order valence-corrected chi connectivity index (χ2v) is 5.82. The van der Waals surface area contributed by atoms with Gasteiger partial charge in [-0.05, 0) is 18.6 Å². The van der Waals surface area contributed by atoms with E-state index in [0.29, 0.717) is 11.4 Å². The molecule has 0 aliphatic heterocycles. The third kappa shape index (κ3) is 5.29. The molecule has 2 N–H and O–H groups in total. The zero-order chi connectivity index (χ0) is 13.5. The van der Waals surface area contributed by atoms with E-state index in [4.69, 9.17) is 16.7 Å². The minimum absolute atomic E-state index is 0.163. The van der Waals surface area contributed by atoms with Gasteiger partial charge in [0.15, 0.2) is 0 Å². The van der Waals surface area contributed by atoms with Crippen molar-refractivity contribution in [3.8, 4) is 0 Å². The molecule has 0 radical (unpaired) electrons. The number of carbonyl (C=O) groups is 1. The number of benzene rings is 1. The van der Waals surface area contributed by atoms with Crippen molar-refractivity contribution in [2.75, 3.05) is 5.75 Å². The Kier molecular flexibility index (Phi) is 6.54. The number of aliphatic carboxylic acids is 1. The van der Waals surface area contributed by atoms with Gasteiger partial charge in [-0.1, -0.05) is 37.6 Å². The Morgan fingerprint density at radius 3 is 2.67 bits per heavy atom. The molecule has 0 aliphatic rings. The maximum Gasteiger partial charge on any atom is 0.320 e. The molecule has 1 aromatic rings. The van der Waals surface area contributed by atoms with E-state index in [0.717, 1.165) is 10.6 Å². The van der Waals surface area contributed by atoms with Gasteiger partial charge in [0.1, 0.15) is 6.04 Å². The molecule has 0 heterocycles. The van der Waals surface area contributed by atoms with Crippen molar-refractivity contribution in [3.05, 3.63) is 29.3 Å². The van der Waals surface area contributed by atoms with Gasteiger partial charge in [-0.15, -0.1) is 11.8 Å².